The van der Waals surface area contributed by atoms with Crippen molar-refractivity contribution >= 4 is 23.6 Å². The predicted molar refractivity (Wildman–Crippen MR) is 159 cm³/mol. The maximum atomic E-state index is 14.1. The summed E-state index contributed by atoms with van der Waals surface area (Å²) in [6, 6.07) is 13.4. The van der Waals surface area contributed by atoms with Crippen molar-refractivity contribution in [2.75, 3.05) is 18.5 Å². The van der Waals surface area contributed by atoms with Crippen molar-refractivity contribution in [1.29, 1.82) is 0 Å². The normalized spacial score (nSPS) is 11.5. The predicted octanol–water partition coefficient (Wildman–Crippen LogP) is 5.22. The highest BCUT2D eigenvalue weighted by Crippen LogP contribution is 2.30. The SMILES string of the molecule is CCCCC(=O)N(Cc1ccc(-c2ccccc2-c2nn[nH]n2)cc1)C(CNC(=O)Nc1c(F)cc(F)cc1F)C(=O)OCC. The van der Waals surface area contributed by atoms with Gasteiger partial charge in [0.2, 0.25) is 11.7 Å². The standard InChI is InChI=1S/C31H32F3N7O4/c1-3-5-10-27(42)41(18-19-11-13-20(14-12-19)22-8-6-7-9-23(22)29-37-39-40-38-29)26(30(43)45-4-2)17-35-31(44)36-28-24(33)15-21(32)16-25(28)34/h6-9,11-16,26H,3-5,10,17-18H2,1-2H3,(H2,35,36,44)(H,37,38,39,40). The van der Waals surface area contributed by atoms with Crippen LogP contribution < -0.4 is 10.6 Å². The van der Waals surface area contributed by atoms with E-state index < -0.39 is 47.7 Å². The van der Waals surface area contributed by atoms with E-state index in [1.54, 1.807) is 6.92 Å². The van der Waals surface area contributed by atoms with Crippen LogP contribution in [0.25, 0.3) is 22.5 Å². The average Bonchev–Trinajstić information content (AvgIpc) is 3.57. The van der Waals surface area contributed by atoms with E-state index in [4.69, 9.17) is 4.74 Å². The van der Waals surface area contributed by atoms with Gasteiger partial charge in [0.1, 0.15) is 17.5 Å². The van der Waals surface area contributed by atoms with E-state index in [0.717, 1.165) is 23.1 Å². The summed E-state index contributed by atoms with van der Waals surface area (Å²) in [4.78, 5) is 40.4. The first kappa shape index (κ1) is 32.6. The largest absolute Gasteiger partial charge is 0.464 e. The van der Waals surface area contributed by atoms with Gasteiger partial charge in [0.05, 0.1) is 13.2 Å². The molecular weight excluding hydrogens is 591 g/mol. The van der Waals surface area contributed by atoms with Crippen molar-refractivity contribution in [3.05, 3.63) is 83.7 Å². The van der Waals surface area contributed by atoms with Crippen LogP contribution in [0.5, 0.6) is 0 Å². The lowest BCUT2D eigenvalue weighted by molar-refractivity contribution is -0.155. The number of aromatic nitrogens is 4. The van der Waals surface area contributed by atoms with Gasteiger partial charge in [0.15, 0.2) is 11.6 Å². The van der Waals surface area contributed by atoms with Crippen LogP contribution >= 0.6 is 0 Å². The Kier molecular flexibility index (Phi) is 11.2. The molecule has 236 valence electrons. The summed E-state index contributed by atoms with van der Waals surface area (Å²) < 4.78 is 46.6. The number of urea groups is 1. The molecule has 0 spiro atoms. The molecule has 4 aromatic rings. The number of ether oxygens (including phenoxy) is 1. The summed E-state index contributed by atoms with van der Waals surface area (Å²) >= 11 is 0. The molecule has 3 aromatic carbocycles. The molecule has 0 saturated carbocycles. The third kappa shape index (κ3) is 8.43. The number of benzene rings is 3. The highest BCUT2D eigenvalue weighted by Gasteiger charge is 2.31. The summed E-state index contributed by atoms with van der Waals surface area (Å²) in [6.07, 6.45) is 1.43. The van der Waals surface area contributed by atoms with Crippen LogP contribution in [0, 0.1) is 17.5 Å². The fourth-order valence-electron chi connectivity index (χ4n) is 4.60. The van der Waals surface area contributed by atoms with E-state index in [-0.39, 0.29) is 25.5 Å². The Morgan fingerprint density at radius 2 is 1.67 bits per heavy atom. The highest BCUT2D eigenvalue weighted by molar-refractivity contribution is 5.91. The van der Waals surface area contributed by atoms with Gasteiger partial charge < -0.3 is 20.3 Å². The number of aromatic amines is 1. The summed E-state index contributed by atoms with van der Waals surface area (Å²) in [5, 5.41) is 18.6. The number of H-pyrrole nitrogens is 1. The summed E-state index contributed by atoms with van der Waals surface area (Å²) in [7, 11) is 0. The Balaban J connectivity index is 1.56. The fraction of sp³-hybridized carbons (Fsp3) is 0.290. The van der Waals surface area contributed by atoms with Crippen molar-refractivity contribution < 1.29 is 32.3 Å². The first-order valence-electron chi connectivity index (χ1n) is 14.3. The molecule has 1 unspecified atom stereocenters. The smallest absolute Gasteiger partial charge is 0.330 e. The molecule has 3 amide bonds. The number of amides is 3. The third-order valence-corrected chi connectivity index (χ3v) is 6.83. The molecule has 0 aliphatic rings. The monoisotopic (exact) mass is 623 g/mol. The first-order chi connectivity index (χ1) is 21.7. The number of hydrogen-bond donors (Lipinski definition) is 3. The van der Waals surface area contributed by atoms with E-state index in [1.165, 1.54) is 4.90 Å². The minimum atomic E-state index is -1.32. The van der Waals surface area contributed by atoms with E-state index in [9.17, 15) is 27.6 Å². The number of esters is 1. The zero-order chi connectivity index (χ0) is 32.3. The average molecular weight is 624 g/mol. The molecule has 0 aliphatic carbocycles. The second-order valence-corrected chi connectivity index (χ2v) is 9.95. The number of unbranched alkanes of at least 4 members (excludes halogenated alkanes) is 1. The molecule has 4 rings (SSSR count). The van der Waals surface area contributed by atoms with Crippen molar-refractivity contribution in [2.45, 2.75) is 45.7 Å². The van der Waals surface area contributed by atoms with Crippen LogP contribution in [0.4, 0.5) is 23.7 Å². The molecular formula is C31H32F3N7O4. The number of nitrogens with zero attached hydrogens (tertiary/aromatic N) is 4. The number of halogens is 3. The summed E-state index contributed by atoms with van der Waals surface area (Å²) in [5.74, 6) is -4.47. The fourth-order valence-corrected chi connectivity index (χ4v) is 4.60. The zero-order valence-corrected chi connectivity index (χ0v) is 24.6. The number of carbonyl (C=O) groups excluding carboxylic acids is 3. The number of carbonyl (C=O) groups is 3. The van der Waals surface area contributed by atoms with Gasteiger partial charge in [0, 0.05) is 30.7 Å². The molecule has 11 nitrogen and oxygen atoms in total. The van der Waals surface area contributed by atoms with Crippen LogP contribution in [0.15, 0.2) is 60.7 Å². The Bertz CT molecular complexity index is 1590. The van der Waals surface area contributed by atoms with Gasteiger partial charge >= 0.3 is 12.0 Å². The van der Waals surface area contributed by atoms with Gasteiger partial charge in [-0.25, -0.2) is 22.8 Å². The van der Waals surface area contributed by atoms with Gasteiger partial charge in [-0.2, -0.15) is 5.21 Å². The Morgan fingerprint density at radius 3 is 2.29 bits per heavy atom. The zero-order valence-electron chi connectivity index (χ0n) is 24.6. The van der Waals surface area contributed by atoms with Crippen LogP contribution in [0.1, 0.15) is 38.7 Å². The first-order valence-corrected chi connectivity index (χ1v) is 14.3. The van der Waals surface area contributed by atoms with Crippen LogP contribution in [-0.2, 0) is 20.9 Å². The van der Waals surface area contributed by atoms with Crippen LogP contribution in [-0.4, -0.2) is 62.6 Å². The highest BCUT2D eigenvalue weighted by atomic mass is 19.1. The minimum Gasteiger partial charge on any atom is -0.464 e. The number of hydrogen-bond acceptors (Lipinski definition) is 7. The molecule has 1 heterocycles. The van der Waals surface area contributed by atoms with Crippen LogP contribution in [0.3, 0.4) is 0 Å². The lowest BCUT2D eigenvalue weighted by Gasteiger charge is -2.31. The molecule has 1 atom stereocenters. The number of nitrogens with one attached hydrogen (secondary N) is 3. The van der Waals surface area contributed by atoms with Crippen LogP contribution in [0.2, 0.25) is 0 Å². The molecule has 0 saturated heterocycles. The molecule has 45 heavy (non-hydrogen) atoms. The summed E-state index contributed by atoms with van der Waals surface area (Å²) in [5.41, 5.74) is 2.30. The molecule has 1 aromatic heterocycles. The van der Waals surface area contributed by atoms with Gasteiger partial charge in [-0.3, -0.25) is 4.79 Å². The second-order valence-electron chi connectivity index (χ2n) is 9.95. The van der Waals surface area contributed by atoms with E-state index in [0.29, 0.717) is 29.9 Å². The van der Waals surface area contributed by atoms with Crippen molar-refractivity contribution in [1.82, 2.24) is 30.8 Å². The maximum absolute atomic E-state index is 14.1. The van der Waals surface area contributed by atoms with Crippen molar-refractivity contribution in [3.63, 3.8) is 0 Å². The third-order valence-electron chi connectivity index (χ3n) is 6.83. The molecule has 0 bridgehead atoms. The minimum absolute atomic E-state index is 0.00329. The molecule has 0 fully saturated rings. The topological polar surface area (TPSA) is 142 Å². The van der Waals surface area contributed by atoms with Gasteiger partial charge in [0.25, 0.3) is 0 Å². The number of rotatable bonds is 13. The van der Waals surface area contributed by atoms with Gasteiger partial charge in [-0.15, -0.1) is 10.2 Å². The van der Waals surface area contributed by atoms with E-state index in [2.05, 4.69) is 25.9 Å². The maximum Gasteiger partial charge on any atom is 0.330 e. The Morgan fingerprint density at radius 1 is 0.978 bits per heavy atom. The molecule has 3 N–H and O–H groups in total. The Hall–Kier alpha value is -5.27. The van der Waals surface area contributed by atoms with Crippen molar-refractivity contribution in [3.8, 4) is 22.5 Å². The lowest BCUT2D eigenvalue weighted by Crippen LogP contribution is -2.52. The molecule has 0 radical (unpaired) electrons. The lowest BCUT2D eigenvalue weighted by atomic mass is 9.98. The molecule has 0 aliphatic heterocycles. The number of tetrazole rings is 1. The van der Waals surface area contributed by atoms with Crippen molar-refractivity contribution in [2.24, 2.45) is 0 Å². The Labute approximate surface area is 257 Å². The summed E-state index contributed by atoms with van der Waals surface area (Å²) in [6.45, 7) is 3.11. The van der Waals surface area contributed by atoms with Gasteiger partial charge in [-0.05, 0) is 35.2 Å². The second kappa shape index (κ2) is 15.5. The molecule has 14 heteroatoms. The van der Waals surface area contributed by atoms with E-state index in [1.807, 2.05) is 60.8 Å². The van der Waals surface area contributed by atoms with Gasteiger partial charge in [-0.1, -0.05) is 61.9 Å². The number of anilines is 1. The van der Waals surface area contributed by atoms with E-state index >= 15 is 0 Å². The quantitative estimate of drug-likeness (QED) is 0.173.